The highest BCUT2D eigenvalue weighted by atomic mass is 16.6. The number of aliphatic imine (C=N–C) groups is 2. The molecular weight excluding hydrogens is 208 g/mol. The Morgan fingerprint density at radius 1 is 1.31 bits per heavy atom. The Labute approximate surface area is 96.2 Å². The number of guanidine groups is 1. The van der Waals surface area contributed by atoms with Gasteiger partial charge in [-0.2, -0.15) is 0 Å². The van der Waals surface area contributed by atoms with E-state index >= 15 is 0 Å². The topological polar surface area (TPSA) is 75.1 Å². The van der Waals surface area contributed by atoms with Crippen LogP contribution in [0.15, 0.2) is 9.98 Å². The molecule has 0 aliphatic carbocycles. The van der Waals surface area contributed by atoms with Crippen molar-refractivity contribution in [1.29, 1.82) is 0 Å². The molecule has 0 radical (unpaired) electrons. The van der Waals surface area contributed by atoms with Crippen LogP contribution in [0.3, 0.4) is 0 Å². The molecule has 0 saturated carbocycles. The van der Waals surface area contributed by atoms with Gasteiger partial charge in [0.1, 0.15) is 5.60 Å². The second kappa shape index (κ2) is 6.81. The van der Waals surface area contributed by atoms with Crippen LogP contribution in [0.2, 0.25) is 0 Å². The van der Waals surface area contributed by atoms with Crippen LogP contribution >= 0.6 is 0 Å². The first-order valence-corrected chi connectivity index (χ1v) is 5.03. The maximum absolute atomic E-state index is 11.2. The monoisotopic (exact) mass is 228 g/mol. The van der Waals surface area contributed by atoms with E-state index in [9.17, 15) is 4.79 Å². The lowest BCUT2D eigenvalue weighted by molar-refractivity contribution is 0.0529. The van der Waals surface area contributed by atoms with Crippen molar-refractivity contribution >= 4 is 18.8 Å². The minimum absolute atomic E-state index is 0.434. The van der Waals surface area contributed by atoms with Gasteiger partial charge in [0.15, 0.2) is 0 Å². The van der Waals surface area contributed by atoms with Crippen LogP contribution in [0.25, 0.3) is 0 Å². The molecule has 0 saturated heterocycles. The van der Waals surface area contributed by atoms with Crippen LogP contribution in [-0.2, 0) is 4.74 Å². The fraction of sp³-hybridized carbons (Fsp3) is 0.700. The molecule has 0 rings (SSSR count). The van der Waals surface area contributed by atoms with Crippen molar-refractivity contribution in [3.05, 3.63) is 0 Å². The van der Waals surface area contributed by atoms with E-state index in [2.05, 4.69) is 27.3 Å². The molecule has 0 bridgehead atoms. The van der Waals surface area contributed by atoms with Crippen molar-refractivity contribution in [2.45, 2.75) is 26.4 Å². The molecule has 2 N–H and O–H groups in total. The van der Waals surface area contributed by atoms with Gasteiger partial charge in [-0.1, -0.05) is 0 Å². The number of rotatable bonds is 3. The van der Waals surface area contributed by atoms with Crippen LogP contribution in [0.4, 0.5) is 4.79 Å². The molecule has 6 nitrogen and oxygen atoms in total. The van der Waals surface area contributed by atoms with E-state index in [4.69, 9.17) is 4.74 Å². The number of ether oxygens (including phenoxy) is 1. The van der Waals surface area contributed by atoms with E-state index < -0.39 is 11.7 Å². The number of nitrogens with one attached hydrogen (secondary N) is 2. The molecule has 0 aromatic heterocycles. The number of carbonyl (C=O) groups excluding carboxylic acids is 1. The molecule has 0 aliphatic rings. The summed E-state index contributed by atoms with van der Waals surface area (Å²) in [5.41, 5.74) is -0.476. The van der Waals surface area contributed by atoms with Crippen molar-refractivity contribution < 1.29 is 9.53 Å². The fourth-order valence-electron chi connectivity index (χ4n) is 0.859. The third-order valence-corrected chi connectivity index (χ3v) is 1.44. The van der Waals surface area contributed by atoms with Gasteiger partial charge in [0.25, 0.3) is 0 Å². The highest BCUT2D eigenvalue weighted by Gasteiger charge is 2.15. The third-order valence-electron chi connectivity index (χ3n) is 1.44. The summed E-state index contributed by atoms with van der Waals surface area (Å²) >= 11 is 0. The summed E-state index contributed by atoms with van der Waals surface area (Å²) < 4.78 is 5.05. The van der Waals surface area contributed by atoms with E-state index in [1.165, 1.54) is 0 Å². The van der Waals surface area contributed by atoms with Crippen molar-refractivity contribution in [2.75, 3.05) is 20.1 Å². The Hall–Kier alpha value is -1.59. The molecule has 0 fully saturated rings. The van der Waals surface area contributed by atoms with Gasteiger partial charge in [-0.25, -0.2) is 9.79 Å². The van der Waals surface area contributed by atoms with Gasteiger partial charge in [0.2, 0.25) is 5.96 Å². The number of amides is 1. The average Bonchev–Trinajstić information content (AvgIpc) is 2.15. The maximum atomic E-state index is 11.2. The predicted octanol–water partition coefficient (Wildman–Crippen LogP) is 0.787. The number of carbonyl (C=O) groups is 1. The van der Waals surface area contributed by atoms with Gasteiger partial charge >= 0.3 is 6.09 Å². The lowest BCUT2D eigenvalue weighted by atomic mass is 10.2. The Morgan fingerprint density at radius 2 is 1.88 bits per heavy atom. The molecular formula is C10H20N4O2. The van der Waals surface area contributed by atoms with E-state index in [1.807, 2.05) is 20.8 Å². The fourth-order valence-corrected chi connectivity index (χ4v) is 0.859. The normalized spacial score (nSPS) is 11.9. The minimum atomic E-state index is -0.476. The van der Waals surface area contributed by atoms with Crippen molar-refractivity contribution in [1.82, 2.24) is 10.6 Å². The van der Waals surface area contributed by atoms with Crippen LogP contribution in [0.1, 0.15) is 20.8 Å². The van der Waals surface area contributed by atoms with E-state index in [0.29, 0.717) is 19.0 Å². The molecule has 0 atom stereocenters. The summed E-state index contributed by atoms with van der Waals surface area (Å²) in [6.07, 6.45) is -0.434. The Balaban J connectivity index is 3.67. The SMILES string of the molecule is C=NC(=NC)NCCNC(=O)OC(C)(C)C. The van der Waals surface area contributed by atoms with Gasteiger partial charge in [-0.15, -0.1) is 0 Å². The highest BCUT2D eigenvalue weighted by molar-refractivity contribution is 5.83. The molecule has 0 aromatic rings. The zero-order valence-corrected chi connectivity index (χ0v) is 10.3. The van der Waals surface area contributed by atoms with E-state index in [0.717, 1.165) is 0 Å². The lowest BCUT2D eigenvalue weighted by Crippen LogP contribution is -2.37. The standard InChI is InChI=1S/C10H20N4O2/c1-10(2,3)16-9(15)14-7-6-13-8(11-4)12-5/h4,6-7H2,1-3,5H3,(H,12,13)(H,14,15). The quantitative estimate of drug-likeness (QED) is 0.426. The predicted molar refractivity (Wildman–Crippen MR) is 65.1 cm³/mol. The largest absolute Gasteiger partial charge is 0.444 e. The molecule has 92 valence electrons. The Morgan fingerprint density at radius 3 is 2.31 bits per heavy atom. The van der Waals surface area contributed by atoms with Crippen LogP contribution in [0.5, 0.6) is 0 Å². The van der Waals surface area contributed by atoms with E-state index in [1.54, 1.807) is 7.05 Å². The first-order valence-electron chi connectivity index (χ1n) is 5.03. The number of nitrogens with zero attached hydrogens (tertiary/aromatic N) is 2. The zero-order valence-electron chi connectivity index (χ0n) is 10.3. The van der Waals surface area contributed by atoms with Gasteiger partial charge in [-0.3, -0.25) is 4.99 Å². The Bertz CT molecular complexity index is 268. The first-order chi connectivity index (χ1) is 7.39. The number of alkyl carbamates (subject to hydrolysis) is 1. The summed E-state index contributed by atoms with van der Waals surface area (Å²) in [4.78, 5) is 18.7. The minimum Gasteiger partial charge on any atom is -0.444 e. The van der Waals surface area contributed by atoms with Gasteiger partial charge in [0, 0.05) is 20.1 Å². The summed E-state index contributed by atoms with van der Waals surface area (Å²) in [7, 11) is 1.61. The van der Waals surface area contributed by atoms with Gasteiger partial charge in [-0.05, 0) is 27.5 Å². The molecule has 6 heteroatoms. The summed E-state index contributed by atoms with van der Waals surface area (Å²) in [6, 6.07) is 0. The lowest BCUT2D eigenvalue weighted by Gasteiger charge is -2.19. The molecule has 0 spiro atoms. The van der Waals surface area contributed by atoms with Crippen LogP contribution in [-0.4, -0.2) is 44.5 Å². The maximum Gasteiger partial charge on any atom is 0.407 e. The van der Waals surface area contributed by atoms with Crippen molar-refractivity contribution in [2.24, 2.45) is 9.98 Å². The second-order valence-electron chi connectivity index (χ2n) is 4.06. The summed E-state index contributed by atoms with van der Waals surface area (Å²) in [5.74, 6) is 0.450. The number of hydrogen-bond acceptors (Lipinski definition) is 3. The van der Waals surface area contributed by atoms with Crippen molar-refractivity contribution in [3.63, 3.8) is 0 Å². The second-order valence-corrected chi connectivity index (χ2v) is 4.06. The molecule has 0 unspecified atom stereocenters. The zero-order chi connectivity index (χ0) is 12.6. The van der Waals surface area contributed by atoms with E-state index in [-0.39, 0.29) is 0 Å². The average molecular weight is 228 g/mol. The van der Waals surface area contributed by atoms with Gasteiger partial charge in [0.05, 0.1) is 0 Å². The Kier molecular flexibility index (Phi) is 6.14. The van der Waals surface area contributed by atoms with Crippen molar-refractivity contribution in [3.8, 4) is 0 Å². The summed E-state index contributed by atoms with van der Waals surface area (Å²) in [6.45, 7) is 9.73. The van der Waals surface area contributed by atoms with Crippen LogP contribution < -0.4 is 10.6 Å². The highest BCUT2D eigenvalue weighted by Crippen LogP contribution is 2.05. The number of hydrogen-bond donors (Lipinski definition) is 2. The van der Waals surface area contributed by atoms with Gasteiger partial charge < -0.3 is 15.4 Å². The van der Waals surface area contributed by atoms with Crippen LogP contribution in [0, 0.1) is 0 Å². The smallest absolute Gasteiger partial charge is 0.407 e. The third kappa shape index (κ3) is 7.78. The first kappa shape index (κ1) is 14.4. The molecule has 0 aliphatic heterocycles. The molecule has 16 heavy (non-hydrogen) atoms. The molecule has 1 amide bonds. The molecule has 0 aromatic carbocycles. The summed E-state index contributed by atoms with van der Waals surface area (Å²) in [5, 5.41) is 5.49. The molecule has 0 heterocycles.